The van der Waals surface area contributed by atoms with Gasteiger partial charge in [-0.2, -0.15) is 0 Å². The van der Waals surface area contributed by atoms with Gasteiger partial charge in [0.05, 0.1) is 16.9 Å². The molecule has 5 nitrogen and oxygen atoms in total. The third-order valence-corrected chi connectivity index (χ3v) is 5.83. The second-order valence-corrected chi connectivity index (χ2v) is 7.62. The van der Waals surface area contributed by atoms with E-state index in [1.54, 1.807) is 6.92 Å². The van der Waals surface area contributed by atoms with Crippen LogP contribution < -0.4 is 0 Å². The molecule has 0 bridgehead atoms. The summed E-state index contributed by atoms with van der Waals surface area (Å²) in [5.74, 6) is -0.424. The number of sulfone groups is 1. The molecule has 1 saturated heterocycles. The van der Waals surface area contributed by atoms with Crippen LogP contribution in [-0.4, -0.2) is 55.0 Å². The number of carbonyl (C=O) groups is 1. The molecule has 17 heavy (non-hydrogen) atoms. The molecule has 1 heterocycles. The number of rotatable bonds is 2. The maximum atomic E-state index is 11.4. The summed E-state index contributed by atoms with van der Waals surface area (Å²) in [4.78, 5) is 13.4. The van der Waals surface area contributed by atoms with Crippen molar-refractivity contribution >= 4 is 15.8 Å². The molecule has 1 N–H and O–H groups in total. The lowest BCUT2D eigenvalue weighted by Gasteiger charge is -2.39. The van der Waals surface area contributed by atoms with Crippen LogP contribution in [0.25, 0.3) is 0 Å². The quantitative estimate of drug-likeness (QED) is 0.777. The Kier molecular flexibility index (Phi) is 3.20. The Hall–Kier alpha value is -0.620. The molecule has 1 aliphatic carbocycles. The Morgan fingerprint density at radius 1 is 1.35 bits per heavy atom. The van der Waals surface area contributed by atoms with Crippen LogP contribution in [0.15, 0.2) is 0 Å². The average Bonchev–Trinajstić information content (AvgIpc) is 2.62. The first-order valence-electron chi connectivity index (χ1n) is 6.03. The van der Waals surface area contributed by atoms with Crippen LogP contribution in [0, 0.1) is 5.41 Å². The van der Waals surface area contributed by atoms with Crippen molar-refractivity contribution < 1.29 is 18.3 Å². The minimum absolute atomic E-state index is 0.00417. The summed E-state index contributed by atoms with van der Waals surface area (Å²) in [5, 5.41) is 9.33. The van der Waals surface area contributed by atoms with E-state index in [2.05, 4.69) is 4.90 Å². The average molecular weight is 261 g/mol. The van der Waals surface area contributed by atoms with Crippen molar-refractivity contribution in [2.75, 3.05) is 24.6 Å². The fourth-order valence-corrected chi connectivity index (χ4v) is 4.25. The van der Waals surface area contributed by atoms with Crippen LogP contribution in [0.4, 0.5) is 0 Å². The zero-order valence-electron chi connectivity index (χ0n) is 10.1. The first-order valence-corrected chi connectivity index (χ1v) is 7.85. The highest BCUT2D eigenvalue weighted by Gasteiger charge is 2.48. The molecule has 0 radical (unpaired) electrons. The molecule has 2 aliphatic rings. The monoisotopic (exact) mass is 261 g/mol. The summed E-state index contributed by atoms with van der Waals surface area (Å²) in [6.45, 7) is 2.75. The highest BCUT2D eigenvalue weighted by Crippen LogP contribution is 2.41. The van der Waals surface area contributed by atoms with Gasteiger partial charge in [0.15, 0.2) is 9.84 Å². The van der Waals surface area contributed by atoms with Gasteiger partial charge in [-0.15, -0.1) is 0 Å². The molecule has 2 atom stereocenters. The molecule has 6 heteroatoms. The Labute approximate surface area is 102 Å². The van der Waals surface area contributed by atoms with Gasteiger partial charge in [0, 0.05) is 19.1 Å². The molecule has 1 aliphatic heterocycles. The van der Waals surface area contributed by atoms with Gasteiger partial charge in [-0.1, -0.05) is 6.42 Å². The molecule has 0 aromatic rings. The van der Waals surface area contributed by atoms with E-state index >= 15 is 0 Å². The molecule has 2 rings (SSSR count). The van der Waals surface area contributed by atoms with Crippen molar-refractivity contribution in [3.63, 3.8) is 0 Å². The predicted molar refractivity (Wildman–Crippen MR) is 63.6 cm³/mol. The third kappa shape index (κ3) is 2.33. The largest absolute Gasteiger partial charge is 0.481 e. The van der Waals surface area contributed by atoms with E-state index in [4.69, 9.17) is 0 Å². The summed E-state index contributed by atoms with van der Waals surface area (Å²) in [5.41, 5.74) is -0.707. The van der Waals surface area contributed by atoms with Crippen molar-refractivity contribution in [2.45, 2.75) is 32.2 Å². The van der Waals surface area contributed by atoms with Gasteiger partial charge in [-0.25, -0.2) is 8.42 Å². The van der Waals surface area contributed by atoms with Gasteiger partial charge in [-0.05, 0) is 19.8 Å². The van der Waals surface area contributed by atoms with E-state index in [0.717, 1.165) is 12.8 Å². The van der Waals surface area contributed by atoms with Gasteiger partial charge in [0.25, 0.3) is 0 Å². The minimum Gasteiger partial charge on any atom is -0.481 e. The zero-order chi connectivity index (χ0) is 12.7. The van der Waals surface area contributed by atoms with E-state index in [0.29, 0.717) is 19.5 Å². The summed E-state index contributed by atoms with van der Waals surface area (Å²) in [7, 11) is -2.89. The summed E-state index contributed by atoms with van der Waals surface area (Å²) >= 11 is 0. The number of carboxylic acids is 1. The molecule has 0 aromatic heterocycles. The standard InChI is InChI=1S/C11H19NO4S/c1-11(10(13)14)4-2-3-9(11)12-5-7-17(15,16)8-6-12/h9H,2-8H2,1H3,(H,13,14). The van der Waals surface area contributed by atoms with Gasteiger partial charge in [0.2, 0.25) is 0 Å². The molecule has 98 valence electrons. The highest BCUT2D eigenvalue weighted by atomic mass is 32.2. The van der Waals surface area contributed by atoms with Crippen LogP contribution in [-0.2, 0) is 14.6 Å². The van der Waals surface area contributed by atoms with Crippen LogP contribution >= 0.6 is 0 Å². The lowest BCUT2D eigenvalue weighted by atomic mass is 9.84. The number of hydrogen-bond acceptors (Lipinski definition) is 4. The van der Waals surface area contributed by atoms with E-state index in [1.165, 1.54) is 0 Å². The second kappa shape index (κ2) is 4.24. The zero-order valence-corrected chi connectivity index (χ0v) is 10.9. The van der Waals surface area contributed by atoms with Crippen molar-refractivity contribution in [3.8, 4) is 0 Å². The highest BCUT2D eigenvalue weighted by molar-refractivity contribution is 7.91. The normalized spacial score (nSPS) is 38.1. The van der Waals surface area contributed by atoms with Crippen LogP contribution in [0.1, 0.15) is 26.2 Å². The molecule has 2 fully saturated rings. The predicted octanol–water partition coefficient (Wildman–Crippen LogP) is 0.360. The Bertz CT molecular complexity index is 405. The topological polar surface area (TPSA) is 74.7 Å². The Morgan fingerprint density at radius 3 is 2.47 bits per heavy atom. The van der Waals surface area contributed by atoms with Crippen molar-refractivity contribution in [2.24, 2.45) is 5.41 Å². The van der Waals surface area contributed by atoms with Crippen LogP contribution in [0.5, 0.6) is 0 Å². The Morgan fingerprint density at radius 2 is 1.94 bits per heavy atom. The number of aliphatic carboxylic acids is 1. The molecule has 2 unspecified atom stereocenters. The maximum Gasteiger partial charge on any atom is 0.310 e. The summed E-state index contributed by atoms with van der Waals surface area (Å²) < 4.78 is 22.7. The number of hydrogen-bond donors (Lipinski definition) is 1. The fraction of sp³-hybridized carbons (Fsp3) is 0.909. The summed E-state index contributed by atoms with van der Waals surface area (Å²) in [6, 6.07) is -0.00417. The van der Waals surface area contributed by atoms with Gasteiger partial charge < -0.3 is 5.11 Å². The molecule has 0 spiro atoms. The molecule has 0 aromatic carbocycles. The first kappa shape index (κ1) is 12.8. The van der Waals surface area contributed by atoms with Crippen LogP contribution in [0.2, 0.25) is 0 Å². The second-order valence-electron chi connectivity index (χ2n) is 5.32. The van der Waals surface area contributed by atoms with Gasteiger partial charge in [-0.3, -0.25) is 9.69 Å². The fourth-order valence-electron chi connectivity index (χ4n) is 3.02. The first-order chi connectivity index (χ1) is 7.85. The SMILES string of the molecule is CC1(C(=O)O)CCCC1N1CCS(=O)(=O)CC1. The number of carboxylic acid groups (broad SMARTS) is 1. The van der Waals surface area contributed by atoms with E-state index < -0.39 is 21.2 Å². The molecule has 1 saturated carbocycles. The van der Waals surface area contributed by atoms with Crippen LogP contribution in [0.3, 0.4) is 0 Å². The minimum atomic E-state index is -2.89. The smallest absolute Gasteiger partial charge is 0.310 e. The summed E-state index contributed by atoms with van der Waals surface area (Å²) in [6.07, 6.45) is 2.47. The molecular formula is C11H19NO4S. The third-order valence-electron chi connectivity index (χ3n) is 4.22. The lowest BCUT2D eigenvalue weighted by molar-refractivity contribution is -0.150. The Balaban J connectivity index is 2.11. The maximum absolute atomic E-state index is 11.4. The van der Waals surface area contributed by atoms with Crippen molar-refractivity contribution in [1.82, 2.24) is 4.90 Å². The molecule has 0 amide bonds. The van der Waals surface area contributed by atoms with Crippen molar-refractivity contribution in [3.05, 3.63) is 0 Å². The van der Waals surface area contributed by atoms with E-state index in [1.807, 2.05) is 0 Å². The van der Waals surface area contributed by atoms with E-state index in [-0.39, 0.29) is 17.5 Å². The molecular weight excluding hydrogens is 242 g/mol. The lowest BCUT2D eigenvalue weighted by Crippen LogP contribution is -2.52. The van der Waals surface area contributed by atoms with Gasteiger partial charge in [0.1, 0.15) is 0 Å². The van der Waals surface area contributed by atoms with E-state index in [9.17, 15) is 18.3 Å². The number of nitrogens with zero attached hydrogens (tertiary/aromatic N) is 1. The van der Waals surface area contributed by atoms with Crippen molar-refractivity contribution in [1.29, 1.82) is 0 Å². The van der Waals surface area contributed by atoms with Gasteiger partial charge >= 0.3 is 5.97 Å².